The number of rotatable bonds is 54. The smallest absolute Gasteiger partial charge is 0.249 e. The quantitative estimate of drug-likeness (QED) is 0.0232. The Labute approximate surface area is 438 Å². The van der Waals surface area contributed by atoms with Gasteiger partial charge >= 0.3 is 0 Å². The molecule has 71 heavy (non-hydrogen) atoms. The standard InChI is InChI=1S/C61H119NO9/c1-3-5-7-9-11-13-15-17-19-21-22-23-24-25-26-27-28-29-30-31-32-33-34-36-38-40-42-44-46-48-50-55(65)60(69)62-53(52-70-61-59(68)58(67)57(66)56(51-63)71-61)54(64)49-47-45-43-41-39-37-35-20-18-16-14-12-10-8-6-4-2/h25-26,53-59,61,63-68H,3-24,27-52H2,1-2H3,(H,62,69)/b26-25-. The maximum Gasteiger partial charge on any atom is 0.249 e. The van der Waals surface area contributed by atoms with Crippen molar-refractivity contribution in [1.29, 1.82) is 0 Å². The lowest BCUT2D eigenvalue weighted by molar-refractivity contribution is -0.302. The zero-order valence-corrected chi connectivity index (χ0v) is 46.6. The number of unbranched alkanes of at least 4 members (excludes halogenated alkanes) is 41. The number of ether oxygens (including phenoxy) is 2. The molecule has 0 aliphatic carbocycles. The van der Waals surface area contributed by atoms with Gasteiger partial charge in [-0.25, -0.2) is 0 Å². The van der Waals surface area contributed by atoms with E-state index in [-0.39, 0.29) is 6.61 Å². The maximum absolute atomic E-state index is 13.2. The molecule has 0 aromatic heterocycles. The highest BCUT2D eigenvalue weighted by molar-refractivity contribution is 5.80. The van der Waals surface area contributed by atoms with Gasteiger partial charge in [-0.3, -0.25) is 4.79 Å². The fraction of sp³-hybridized carbons (Fsp3) is 0.951. The van der Waals surface area contributed by atoms with E-state index in [0.29, 0.717) is 12.8 Å². The van der Waals surface area contributed by atoms with E-state index in [1.807, 2.05) is 0 Å². The Hall–Kier alpha value is -1.11. The largest absolute Gasteiger partial charge is 0.394 e. The minimum absolute atomic E-state index is 0.251. The number of carbonyl (C=O) groups is 1. The Morgan fingerprint density at radius 3 is 1.14 bits per heavy atom. The topological polar surface area (TPSA) is 169 Å². The molecular formula is C61H119NO9. The summed E-state index contributed by atoms with van der Waals surface area (Å²) in [6.07, 6.45) is 52.9. The zero-order valence-electron chi connectivity index (χ0n) is 46.6. The molecule has 0 radical (unpaired) electrons. The van der Waals surface area contributed by atoms with Crippen molar-refractivity contribution in [2.24, 2.45) is 0 Å². The normalized spacial score (nSPS) is 19.7. The van der Waals surface area contributed by atoms with E-state index < -0.39 is 61.5 Å². The number of amides is 1. The van der Waals surface area contributed by atoms with Crippen LogP contribution in [0, 0.1) is 0 Å². The lowest BCUT2D eigenvalue weighted by Crippen LogP contribution is -2.60. The highest BCUT2D eigenvalue weighted by Crippen LogP contribution is 2.24. The lowest BCUT2D eigenvalue weighted by Gasteiger charge is -2.40. The monoisotopic (exact) mass is 1010 g/mol. The maximum atomic E-state index is 13.2. The van der Waals surface area contributed by atoms with Crippen molar-refractivity contribution in [3.05, 3.63) is 12.2 Å². The summed E-state index contributed by atoms with van der Waals surface area (Å²) in [5.41, 5.74) is 0. The molecule has 7 N–H and O–H groups in total. The molecule has 422 valence electrons. The summed E-state index contributed by atoms with van der Waals surface area (Å²) in [4.78, 5) is 13.2. The minimum Gasteiger partial charge on any atom is -0.394 e. The molecule has 10 heteroatoms. The van der Waals surface area contributed by atoms with Crippen molar-refractivity contribution >= 4 is 5.91 Å². The molecule has 1 saturated heterocycles. The van der Waals surface area contributed by atoms with Crippen LogP contribution in [0.1, 0.15) is 309 Å². The minimum atomic E-state index is -1.60. The van der Waals surface area contributed by atoms with E-state index in [0.717, 1.165) is 38.5 Å². The first-order chi connectivity index (χ1) is 34.8. The number of hydrogen-bond acceptors (Lipinski definition) is 9. The van der Waals surface area contributed by atoms with Gasteiger partial charge in [0.15, 0.2) is 6.29 Å². The first-order valence-electron chi connectivity index (χ1n) is 31.0. The number of hydrogen-bond donors (Lipinski definition) is 7. The number of carbonyl (C=O) groups excluding carboxylic acids is 1. The van der Waals surface area contributed by atoms with Crippen LogP contribution in [0.3, 0.4) is 0 Å². The van der Waals surface area contributed by atoms with E-state index in [4.69, 9.17) is 9.47 Å². The van der Waals surface area contributed by atoms with Crippen LogP contribution in [-0.2, 0) is 14.3 Å². The Kier molecular flexibility index (Phi) is 48.8. The van der Waals surface area contributed by atoms with Crippen LogP contribution >= 0.6 is 0 Å². The van der Waals surface area contributed by atoms with Crippen LogP contribution in [0.2, 0.25) is 0 Å². The molecule has 0 spiro atoms. The average Bonchev–Trinajstić information content (AvgIpc) is 3.37. The molecule has 0 aromatic carbocycles. The molecule has 10 nitrogen and oxygen atoms in total. The van der Waals surface area contributed by atoms with Gasteiger partial charge in [-0.15, -0.1) is 0 Å². The van der Waals surface area contributed by atoms with Crippen molar-refractivity contribution in [2.75, 3.05) is 13.2 Å². The number of aliphatic hydroxyl groups excluding tert-OH is 6. The van der Waals surface area contributed by atoms with Gasteiger partial charge in [0.2, 0.25) is 5.91 Å². The van der Waals surface area contributed by atoms with Crippen molar-refractivity contribution in [3.63, 3.8) is 0 Å². The van der Waals surface area contributed by atoms with Gasteiger partial charge < -0.3 is 45.4 Å². The Bertz CT molecular complexity index is 1140. The molecule has 1 heterocycles. The fourth-order valence-corrected chi connectivity index (χ4v) is 10.2. The molecular weight excluding hydrogens is 891 g/mol. The van der Waals surface area contributed by atoms with Crippen LogP contribution in [-0.4, -0.2) is 98.7 Å². The number of nitrogens with one attached hydrogen (secondary N) is 1. The highest BCUT2D eigenvalue weighted by atomic mass is 16.7. The van der Waals surface area contributed by atoms with Gasteiger partial charge in [-0.1, -0.05) is 283 Å². The average molecular weight is 1010 g/mol. The molecule has 8 atom stereocenters. The summed E-state index contributed by atoms with van der Waals surface area (Å²) in [6, 6.07) is -0.892. The molecule has 0 aromatic rings. The summed E-state index contributed by atoms with van der Waals surface area (Å²) in [5.74, 6) is -0.578. The van der Waals surface area contributed by atoms with Gasteiger partial charge in [-0.05, 0) is 38.5 Å². The Morgan fingerprint density at radius 2 is 0.789 bits per heavy atom. The van der Waals surface area contributed by atoms with Crippen LogP contribution in [0.25, 0.3) is 0 Å². The van der Waals surface area contributed by atoms with Crippen LogP contribution in [0.4, 0.5) is 0 Å². The summed E-state index contributed by atoms with van der Waals surface area (Å²) in [6.45, 7) is 3.72. The Balaban J connectivity index is 2.16. The predicted molar refractivity (Wildman–Crippen MR) is 297 cm³/mol. The van der Waals surface area contributed by atoms with Gasteiger partial charge in [-0.2, -0.15) is 0 Å². The first-order valence-corrected chi connectivity index (χ1v) is 31.0. The molecule has 1 fully saturated rings. The van der Waals surface area contributed by atoms with Gasteiger partial charge in [0.1, 0.15) is 30.5 Å². The van der Waals surface area contributed by atoms with Gasteiger partial charge in [0, 0.05) is 0 Å². The summed E-state index contributed by atoms with van der Waals surface area (Å²) in [5, 5.41) is 65.3. The molecule has 8 unspecified atom stereocenters. The van der Waals surface area contributed by atoms with E-state index in [1.54, 1.807) is 0 Å². The number of allylic oxidation sites excluding steroid dienone is 2. The van der Waals surface area contributed by atoms with Crippen molar-refractivity contribution in [2.45, 2.75) is 358 Å². The molecule has 1 rings (SSSR count). The van der Waals surface area contributed by atoms with Crippen LogP contribution < -0.4 is 5.32 Å². The van der Waals surface area contributed by atoms with Crippen LogP contribution in [0.15, 0.2) is 12.2 Å². The highest BCUT2D eigenvalue weighted by Gasteiger charge is 2.44. The SMILES string of the molecule is CCCCCCCCCCCCCC/C=C\CCCCCCCCCCCCCCCCC(O)C(=O)NC(COC1OC(CO)C(O)C(O)C1O)C(O)CCCCCCCCCCCCCCCCCC. The van der Waals surface area contributed by atoms with Crippen LogP contribution in [0.5, 0.6) is 0 Å². The fourth-order valence-electron chi connectivity index (χ4n) is 10.2. The van der Waals surface area contributed by atoms with E-state index in [2.05, 4.69) is 31.3 Å². The van der Waals surface area contributed by atoms with Gasteiger partial charge in [0.25, 0.3) is 0 Å². The van der Waals surface area contributed by atoms with E-state index >= 15 is 0 Å². The molecule has 1 aliphatic rings. The van der Waals surface area contributed by atoms with Crippen molar-refractivity contribution in [3.8, 4) is 0 Å². The second-order valence-corrected chi connectivity index (χ2v) is 22.0. The molecule has 1 amide bonds. The summed E-state index contributed by atoms with van der Waals surface area (Å²) >= 11 is 0. The van der Waals surface area contributed by atoms with Gasteiger partial charge in [0.05, 0.1) is 25.4 Å². The lowest BCUT2D eigenvalue weighted by atomic mass is 9.99. The second-order valence-electron chi connectivity index (χ2n) is 22.0. The third-order valence-corrected chi connectivity index (χ3v) is 15.2. The third-order valence-electron chi connectivity index (χ3n) is 15.2. The molecule has 0 bridgehead atoms. The summed E-state index contributed by atoms with van der Waals surface area (Å²) in [7, 11) is 0. The number of aliphatic hydroxyl groups is 6. The second kappa shape index (κ2) is 51.0. The zero-order chi connectivity index (χ0) is 51.7. The summed E-state index contributed by atoms with van der Waals surface area (Å²) < 4.78 is 11.3. The third kappa shape index (κ3) is 39.9. The molecule has 1 aliphatic heterocycles. The molecule has 0 saturated carbocycles. The Morgan fingerprint density at radius 1 is 0.465 bits per heavy atom. The van der Waals surface area contributed by atoms with Crippen molar-refractivity contribution in [1.82, 2.24) is 5.32 Å². The first kappa shape index (κ1) is 67.9. The van der Waals surface area contributed by atoms with E-state index in [9.17, 15) is 35.4 Å². The van der Waals surface area contributed by atoms with E-state index in [1.165, 1.54) is 244 Å². The van der Waals surface area contributed by atoms with Crippen molar-refractivity contribution < 1.29 is 44.9 Å². The predicted octanol–water partition coefficient (Wildman–Crippen LogP) is 14.6.